The summed E-state index contributed by atoms with van der Waals surface area (Å²) in [5, 5.41) is 21.4. The highest BCUT2D eigenvalue weighted by atomic mass is 16.6. The van der Waals surface area contributed by atoms with Gasteiger partial charge in [0.15, 0.2) is 11.7 Å². The van der Waals surface area contributed by atoms with E-state index in [1.165, 1.54) is 0 Å². The molecule has 0 aliphatic rings. The molecule has 33 heavy (non-hydrogen) atoms. The number of H-pyrrole nitrogens is 1. The summed E-state index contributed by atoms with van der Waals surface area (Å²) in [6, 6.07) is 13.8. The van der Waals surface area contributed by atoms with Crippen LogP contribution in [0.5, 0.6) is 0 Å². The van der Waals surface area contributed by atoms with E-state index in [2.05, 4.69) is 41.0 Å². The normalized spacial score (nSPS) is 12.4. The van der Waals surface area contributed by atoms with Crippen LogP contribution in [-0.4, -0.2) is 38.0 Å². The van der Waals surface area contributed by atoms with Crippen molar-refractivity contribution in [3.05, 3.63) is 87.6 Å². The van der Waals surface area contributed by atoms with Crippen molar-refractivity contribution >= 4 is 28.3 Å². The smallest absolute Gasteiger partial charge is 0.272 e. The van der Waals surface area contributed by atoms with E-state index in [4.69, 9.17) is 0 Å². The molecule has 0 fully saturated rings. The fourth-order valence-corrected chi connectivity index (χ4v) is 3.23. The fraction of sp³-hybridized carbons (Fsp3) is 0.136. The first-order chi connectivity index (χ1) is 16.0. The number of carbonyl (C=O) groups is 2. The lowest BCUT2D eigenvalue weighted by Crippen LogP contribution is -2.40. The summed E-state index contributed by atoms with van der Waals surface area (Å²) in [6.07, 6.45) is 0. The molecule has 2 heterocycles. The highest BCUT2D eigenvalue weighted by molar-refractivity contribution is 6.01. The van der Waals surface area contributed by atoms with Gasteiger partial charge in [0.05, 0.1) is 11.1 Å². The molecule has 2 aromatic heterocycles. The molecule has 3 N–H and O–H groups in total. The molecule has 0 aliphatic carbocycles. The molecule has 2 aromatic carbocycles. The Morgan fingerprint density at radius 2 is 1.73 bits per heavy atom. The number of aromatic amines is 1. The standard InChI is InChI=1S/C22H19N7O4/c1-12(17-13(2)28-33-29-17)24-27-22(32)19(23-20(30)14-8-4-3-5-9-14)18-15-10-6-7-11-16(15)21(31)26-25-18/h3-11,19H,1-2H3,(H,23,30)(H,26,31)(H,27,32). The minimum absolute atomic E-state index is 0.166. The van der Waals surface area contributed by atoms with Crippen LogP contribution in [0.4, 0.5) is 0 Å². The van der Waals surface area contributed by atoms with Gasteiger partial charge in [-0.15, -0.1) is 0 Å². The highest BCUT2D eigenvalue weighted by Crippen LogP contribution is 2.20. The predicted octanol–water partition coefficient (Wildman–Crippen LogP) is 1.63. The van der Waals surface area contributed by atoms with Crippen molar-refractivity contribution in [2.45, 2.75) is 19.9 Å². The molecule has 0 radical (unpaired) electrons. The summed E-state index contributed by atoms with van der Waals surface area (Å²) in [6.45, 7) is 3.31. The quantitative estimate of drug-likeness (QED) is 0.301. The van der Waals surface area contributed by atoms with Gasteiger partial charge in [0.2, 0.25) is 0 Å². The van der Waals surface area contributed by atoms with E-state index in [1.807, 2.05) is 0 Å². The second-order valence-corrected chi connectivity index (χ2v) is 7.13. The van der Waals surface area contributed by atoms with Gasteiger partial charge in [-0.2, -0.15) is 10.2 Å². The first kappa shape index (κ1) is 21.6. The van der Waals surface area contributed by atoms with E-state index in [-0.39, 0.29) is 5.69 Å². The summed E-state index contributed by atoms with van der Waals surface area (Å²) in [5.74, 6) is -1.16. The van der Waals surface area contributed by atoms with Crippen LogP contribution in [0.3, 0.4) is 0 Å². The average molecular weight is 445 g/mol. The minimum Gasteiger partial charge on any atom is -0.335 e. The summed E-state index contributed by atoms with van der Waals surface area (Å²) in [7, 11) is 0. The number of aromatic nitrogens is 4. The highest BCUT2D eigenvalue weighted by Gasteiger charge is 2.27. The molecule has 0 bridgehead atoms. The van der Waals surface area contributed by atoms with Crippen LogP contribution >= 0.6 is 0 Å². The first-order valence-electron chi connectivity index (χ1n) is 9.92. The van der Waals surface area contributed by atoms with Gasteiger partial charge in [-0.3, -0.25) is 14.4 Å². The van der Waals surface area contributed by atoms with Crippen molar-refractivity contribution in [2.24, 2.45) is 5.10 Å². The van der Waals surface area contributed by atoms with Gasteiger partial charge >= 0.3 is 0 Å². The largest absolute Gasteiger partial charge is 0.335 e. The monoisotopic (exact) mass is 445 g/mol. The van der Waals surface area contributed by atoms with Gasteiger partial charge in [-0.1, -0.05) is 41.6 Å². The van der Waals surface area contributed by atoms with Crippen LogP contribution < -0.4 is 16.3 Å². The van der Waals surface area contributed by atoms with Gasteiger partial charge in [0, 0.05) is 10.9 Å². The van der Waals surface area contributed by atoms with Gasteiger partial charge in [0.1, 0.15) is 11.4 Å². The number of nitrogens with one attached hydrogen (secondary N) is 3. The van der Waals surface area contributed by atoms with E-state index < -0.39 is 23.4 Å². The lowest BCUT2D eigenvalue weighted by molar-refractivity contribution is -0.123. The number of nitrogens with zero attached hydrogens (tertiary/aromatic N) is 4. The van der Waals surface area contributed by atoms with Crippen molar-refractivity contribution in [1.82, 2.24) is 31.3 Å². The summed E-state index contributed by atoms with van der Waals surface area (Å²) in [5.41, 5.74) is 3.78. The predicted molar refractivity (Wildman–Crippen MR) is 118 cm³/mol. The number of amides is 2. The van der Waals surface area contributed by atoms with E-state index in [9.17, 15) is 14.4 Å². The molecule has 1 atom stereocenters. The van der Waals surface area contributed by atoms with E-state index >= 15 is 0 Å². The molecule has 0 spiro atoms. The second-order valence-electron chi connectivity index (χ2n) is 7.13. The maximum atomic E-state index is 13.2. The van der Waals surface area contributed by atoms with Crippen molar-refractivity contribution in [3.8, 4) is 0 Å². The van der Waals surface area contributed by atoms with Crippen LogP contribution in [-0.2, 0) is 4.79 Å². The van der Waals surface area contributed by atoms with Crippen molar-refractivity contribution < 1.29 is 14.2 Å². The Hall–Kier alpha value is -4.67. The Labute approximate surface area is 186 Å². The van der Waals surface area contributed by atoms with Crippen molar-refractivity contribution in [2.75, 3.05) is 0 Å². The van der Waals surface area contributed by atoms with Crippen molar-refractivity contribution in [1.29, 1.82) is 0 Å². The maximum absolute atomic E-state index is 13.2. The second kappa shape index (κ2) is 9.22. The molecule has 1 unspecified atom stereocenters. The van der Waals surface area contributed by atoms with Crippen LogP contribution in [0.2, 0.25) is 0 Å². The van der Waals surface area contributed by atoms with Crippen LogP contribution in [0, 0.1) is 6.92 Å². The zero-order valence-corrected chi connectivity index (χ0v) is 17.7. The number of carbonyl (C=O) groups excluding carboxylic acids is 2. The third-order valence-electron chi connectivity index (χ3n) is 4.90. The van der Waals surface area contributed by atoms with Crippen LogP contribution in [0.15, 0.2) is 69.1 Å². The molecular formula is C22H19N7O4. The number of hydrogen-bond donors (Lipinski definition) is 3. The molecule has 11 nitrogen and oxygen atoms in total. The Bertz CT molecular complexity index is 1410. The molecule has 11 heteroatoms. The number of hydrogen-bond acceptors (Lipinski definition) is 8. The molecule has 166 valence electrons. The Morgan fingerprint density at radius 3 is 2.42 bits per heavy atom. The Kier molecular flexibility index (Phi) is 6.02. The topological polar surface area (TPSA) is 155 Å². The minimum atomic E-state index is -1.26. The zero-order valence-electron chi connectivity index (χ0n) is 17.7. The molecule has 4 aromatic rings. The van der Waals surface area contributed by atoms with E-state index in [0.717, 1.165) is 0 Å². The first-order valence-corrected chi connectivity index (χ1v) is 9.92. The summed E-state index contributed by atoms with van der Waals surface area (Å²) >= 11 is 0. The Morgan fingerprint density at radius 1 is 1.03 bits per heavy atom. The summed E-state index contributed by atoms with van der Waals surface area (Å²) in [4.78, 5) is 38.2. The number of fused-ring (bicyclic) bond motifs is 1. The maximum Gasteiger partial charge on any atom is 0.272 e. The van der Waals surface area contributed by atoms with E-state index in [1.54, 1.807) is 68.4 Å². The molecule has 0 aliphatic heterocycles. The molecule has 0 saturated carbocycles. The number of aryl methyl sites for hydroxylation is 1. The number of benzene rings is 2. The van der Waals surface area contributed by atoms with Crippen LogP contribution in [0.25, 0.3) is 10.8 Å². The Balaban J connectivity index is 1.71. The third kappa shape index (κ3) is 4.51. The average Bonchev–Trinajstić information content (AvgIpc) is 3.28. The summed E-state index contributed by atoms with van der Waals surface area (Å²) < 4.78 is 4.66. The fourth-order valence-electron chi connectivity index (χ4n) is 3.23. The van der Waals surface area contributed by atoms with Crippen molar-refractivity contribution in [3.63, 3.8) is 0 Å². The van der Waals surface area contributed by atoms with Crippen LogP contribution in [0.1, 0.15) is 40.4 Å². The number of rotatable bonds is 6. The number of hydrazone groups is 1. The molecule has 2 amide bonds. The van der Waals surface area contributed by atoms with Gasteiger partial charge < -0.3 is 5.32 Å². The SMILES string of the molecule is CC(=NNC(=O)C(NC(=O)c1ccccc1)c1n[nH]c(=O)c2ccccc12)c1nonc1C. The zero-order chi connectivity index (χ0) is 23.4. The van der Waals surface area contributed by atoms with Gasteiger partial charge in [-0.05, 0) is 37.2 Å². The van der Waals surface area contributed by atoms with E-state index in [0.29, 0.717) is 33.4 Å². The molecule has 4 rings (SSSR count). The molecular weight excluding hydrogens is 426 g/mol. The molecule has 0 saturated heterocycles. The van der Waals surface area contributed by atoms with Gasteiger partial charge in [-0.25, -0.2) is 15.2 Å². The van der Waals surface area contributed by atoms with Gasteiger partial charge in [0.25, 0.3) is 17.4 Å². The third-order valence-corrected chi connectivity index (χ3v) is 4.90. The lowest BCUT2D eigenvalue weighted by Gasteiger charge is -2.18. The lowest BCUT2D eigenvalue weighted by atomic mass is 10.0.